The van der Waals surface area contributed by atoms with Crippen molar-refractivity contribution in [2.45, 2.75) is 169 Å². The van der Waals surface area contributed by atoms with E-state index in [2.05, 4.69) is 0 Å². The molecule has 49 heavy (non-hydrogen) atoms. The fraction of sp³-hybridized carbons (Fsp3) is 0.684. The minimum absolute atomic E-state index is 0. The number of rotatable bonds is 10. The van der Waals surface area contributed by atoms with Crippen molar-refractivity contribution >= 4 is 54.2 Å². The van der Waals surface area contributed by atoms with Gasteiger partial charge in [0.25, 0.3) is 0 Å². The van der Waals surface area contributed by atoms with Gasteiger partial charge in [-0.1, -0.05) is 111 Å². The molecule has 0 saturated carbocycles. The van der Waals surface area contributed by atoms with Gasteiger partial charge in [0, 0.05) is 0 Å². The third-order valence-corrected chi connectivity index (χ3v) is 10.3. The molecule has 2 rings (SSSR count). The normalized spacial score (nSPS) is 13.7. The molecule has 2 N–H and O–H groups in total. The first kappa shape index (κ1) is 48.3. The quantitative estimate of drug-likeness (QED) is 0.181. The SMILES string of the molecule is CCC(CC)(O[P+](=O)[O-])c1cc(C(C)(C)C)c(O)c(C(C)(C)C)c1.CCC(CC)(O[P+](=O)[O-])c1cc(C(C)(C)C)c(O)c(C(C)(C)C)c1.[Ca+2]. The van der Waals surface area contributed by atoms with Crippen LogP contribution < -0.4 is 9.79 Å². The van der Waals surface area contributed by atoms with E-state index in [0.29, 0.717) is 25.7 Å². The minimum atomic E-state index is -2.97. The average Bonchev–Trinajstić information content (AvgIpc) is 2.92. The Kier molecular flexibility index (Phi) is 17.7. The topological polar surface area (TPSA) is 139 Å². The van der Waals surface area contributed by atoms with Gasteiger partial charge in [-0.2, -0.15) is 0 Å². The Morgan fingerprint density at radius 3 is 0.816 bits per heavy atom. The molecule has 2 aromatic rings. The summed E-state index contributed by atoms with van der Waals surface area (Å²) in [5, 5.41) is 21.6. The second-order valence-electron chi connectivity index (χ2n) is 16.9. The first-order valence-corrected chi connectivity index (χ1v) is 19.2. The molecule has 8 nitrogen and oxygen atoms in total. The van der Waals surface area contributed by atoms with Gasteiger partial charge < -0.3 is 20.0 Å². The summed E-state index contributed by atoms with van der Waals surface area (Å²) in [5.41, 5.74) is 1.95. The monoisotopic (exact) mass is 748 g/mol. The van der Waals surface area contributed by atoms with Crippen molar-refractivity contribution in [3.63, 3.8) is 0 Å². The summed E-state index contributed by atoms with van der Waals surface area (Å²) in [7, 11) is -5.94. The molecule has 11 heteroatoms. The summed E-state index contributed by atoms with van der Waals surface area (Å²) in [4.78, 5) is 22.6. The van der Waals surface area contributed by atoms with Crippen LogP contribution in [0.3, 0.4) is 0 Å². The van der Waals surface area contributed by atoms with Gasteiger partial charge in [-0.3, -0.25) is 0 Å². The van der Waals surface area contributed by atoms with E-state index in [1.807, 2.05) is 135 Å². The number of benzene rings is 2. The Morgan fingerprint density at radius 1 is 0.510 bits per heavy atom. The fourth-order valence-electron chi connectivity index (χ4n) is 6.05. The van der Waals surface area contributed by atoms with Crippen LogP contribution in [0.5, 0.6) is 11.5 Å². The molecule has 0 bridgehead atoms. The van der Waals surface area contributed by atoms with Crippen molar-refractivity contribution in [3.8, 4) is 11.5 Å². The van der Waals surface area contributed by atoms with E-state index < -0.39 is 27.7 Å². The molecule has 0 heterocycles. The van der Waals surface area contributed by atoms with Crippen LogP contribution in [-0.2, 0) is 51.0 Å². The number of phenolic OH excluding ortho intramolecular Hbond substituents is 2. The number of hydrogen-bond acceptors (Lipinski definition) is 8. The maximum atomic E-state index is 11.3. The molecule has 2 aromatic carbocycles. The van der Waals surface area contributed by atoms with Gasteiger partial charge in [0.1, 0.15) is 22.7 Å². The Hall–Kier alpha value is -0.660. The van der Waals surface area contributed by atoms with Crippen molar-refractivity contribution < 1.29 is 38.2 Å². The zero-order valence-corrected chi connectivity index (χ0v) is 37.1. The van der Waals surface area contributed by atoms with Crippen LogP contribution in [0.4, 0.5) is 0 Å². The van der Waals surface area contributed by atoms with E-state index in [0.717, 1.165) is 33.4 Å². The zero-order chi connectivity index (χ0) is 37.8. The molecule has 0 aliphatic carbocycles. The Bertz CT molecular complexity index is 1260. The third-order valence-electron chi connectivity index (χ3n) is 9.29. The predicted molar refractivity (Wildman–Crippen MR) is 199 cm³/mol. The van der Waals surface area contributed by atoms with E-state index >= 15 is 0 Å². The molecule has 0 fully saturated rings. The van der Waals surface area contributed by atoms with Crippen molar-refractivity contribution in [2.75, 3.05) is 0 Å². The van der Waals surface area contributed by atoms with Crippen molar-refractivity contribution in [1.29, 1.82) is 0 Å². The molecular formula is C38H62CaO8P2+2. The van der Waals surface area contributed by atoms with Crippen molar-refractivity contribution in [3.05, 3.63) is 57.6 Å². The third kappa shape index (κ3) is 12.2. The summed E-state index contributed by atoms with van der Waals surface area (Å²) in [6, 6.07) is 7.60. The molecular weight excluding hydrogens is 686 g/mol. The summed E-state index contributed by atoms with van der Waals surface area (Å²) in [5.74, 6) is 0.567. The molecule has 0 amide bonds. The summed E-state index contributed by atoms with van der Waals surface area (Å²) >= 11 is 0. The van der Waals surface area contributed by atoms with Crippen LogP contribution in [0.25, 0.3) is 0 Å². The van der Waals surface area contributed by atoms with Gasteiger partial charge in [-0.05, 0) is 114 Å². The fourth-order valence-corrected chi connectivity index (χ4v) is 7.35. The largest absolute Gasteiger partial charge is 2.00 e. The Labute approximate surface area is 328 Å². The summed E-state index contributed by atoms with van der Waals surface area (Å²) < 4.78 is 33.3. The molecule has 0 saturated heterocycles. The molecule has 272 valence electrons. The number of phenols is 2. The van der Waals surface area contributed by atoms with Gasteiger partial charge >= 0.3 is 54.2 Å². The summed E-state index contributed by atoms with van der Waals surface area (Å²) in [6.07, 6.45) is 2.13. The second kappa shape index (κ2) is 17.9. The number of hydrogen-bond donors (Lipinski definition) is 2. The Balaban J connectivity index is 0.000000922. The summed E-state index contributed by atoms with van der Waals surface area (Å²) in [6.45, 7) is 32.1. The molecule has 0 aromatic heterocycles. The van der Waals surface area contributed by atoms with Crippen LogP contribution in [0.2, 0.25) is 0 Å². The van der Waals surface area contributed by atoms with E-state index in [1.165, 1.54) is 0 Å². The Morgan fingerprint density at radius 2 is 0.694 bits per heavy atom. The average molecular weight is 749 g/mol. The van der Waals surface area contributed by atoms with Gasteiger partial charge in [0.05, 0.1) is 0 Å². The van der Waals surface area contributed by atoms with Gasteiger partial charge in [-0.25, -0.2) is 0 Å². The smallest absolute Gasteiger partial charge is 0.566 e. The number of aromatic hydroxyl groups is 2. The van der Waals surface area contributed by atoms with Crippen LogP contribution in [0.1, 0.15) is 170 Å². The van der Waals surface area contributed by atoms with Crippen LogP contribution in [-0.4, -0.2) is 48.0 Å². The molecule has 0 aliphatic heterocycles. The zero-order valence-electron chi connectivity index (χ0n) is 33.1. The minimum Gasteiger partial charge on any atom is -0.566 e. The van der Waals surface area contributed by atoms with Crippen LogP contribution in [0, 0.1) is 0 Å². The van der Waals surface area contributed by atoms with Gasteiger partial charge in [0.2, 0.25) is 0 Å². The van der Waals surface area contributed by atoms with Crippen molar-refractivity contribution in [1.82, 2.24) is 0 Å². The van der Waals surface area contributed by atoms with Gasteiger partial charge in [0.15, 0.2) is 0 Å². The van der Waals surface area contributed by atoms with E-state index in [4.69, 9.17) is 9.05 Å². The second-order valence-corrected chi connectivity index (χ2v) is 18.1. The molecule has 0 aliphatic rings. The van der Waals surface area contributed by atoms with Crippen LogP contribution in [0.15, 0.2) is 24.3 Å². The van der Waals surface area contributed by atoms with E-state index in [1.54, 1.807) is 0 Å². The maximum absolute atomic E-state index is 11.3. The maximum Gasteiger partial charge on any atom is 2.00 e. The van der Waals surface area contributed by atoms with Crippen molar-refractivity contribution in [2.24, 2.45) is 0 Å². The standard InChI is InChI=1S/2C19H31O4P.Ca/c2*1-9-19(10-2,23-24(21)22)13-11-14(17(3,4)5)16(20)15(12-13)18(6,7)8;/h2*11-12,20H,9-10H2,1-8H3;/q;;+2. The molecule has 2 unspecified atom stereocenters. The van der Waals surface area contributed by atoms with Gasteiger partial charge in [-0.15, -0.1) is 9.05 Å². The van der Waals surface area contributed by atoms with E-state index in [-0.39, 0.29) is 70.9 Å². The first-order valence-electron chi connectivity index (χ1n) is 17.0. The molecule has 0 radical (unpaired) electrons. The predicted octanol–water partition coefficient (Wildman–Crippen LogP) is 9.69. The van der Waals surface area contributed by atoms with Crippen LogP contribution >= 0.6 is 16.5 Å². The first-order chi connectivity index (χ1) is 21.6. The molecule has 0 spiro atoms. The van der Waals surface area contributed by atoms with E-state index in [9.17, 15) is 29.1 Å². The molecule has 2 atom stereocenters.